The van der Waals surface area contributed by atoms with Crippen molar-refractivity contribution >= 4 is 11.9 Å². The number of methoxy groups -OCH3 is 2. The summed E-state index contributed by atoms with van der Waals surface area (Å²) in [4.78, 5) is 23.7. The molecule has 128 valence electrons. The molecule has 0 saturated heterocycles. The standard InChI is InChI=1S/C16H28O6/c1-11(2)8-7-9-12(3)10-16(20,14(18)22-6)15(4,19)13(17)21-5/h8,12,19-20H,7,9-10H2,1-6H3. The molecule has 0 aliphatic rings. The van der Waals surface area contributed by atoms with Crippen molar-refractivity contribution in [2.24, 2.45) is 5.92 Å². The van der Waals surface area contributed by atoms with Crippen molar-refractivity contribution in [1.29, 1.82) is 0 Å². The average Bonchev–Trinajstić information content (AvgIpc) is 2.44. The first-order valence-corrected chi connectivity index (χ1v) is 7.27. The second-order valence-electron chi connectivity index (χ2n) is 6.08. The maximum absolute atomic E-state index is 12.0. The molecule has 0 saturated carbocycles. The van der Waals surface area contributed by atoms with Gasteiger partial charge in [0.15, 0.2) is 5.60 Å². The highest BCUT2D eigenvalue weighted by Crippen LogP contribution is 2.33. The van der Waals surface area contributed by atoms with E-state index in [1.54, 1.807) is 0 Å². The SMILES string of the molecule is COC(=O)C(C)(O)C(O)(CC(C)CCC=C(C)C)C(=O)OC. The van der Waals surface area contributed by atoms with Crippen LogP contribution in [0.3, 0.4) is 0 Å². The molecule has 0 bridgehead atoms. The molecule has 0 spiro atoms. The molecule has 0 fully saturated rings. The zero-order valence-corrected chi connectivity index (χ0v) is 14.3. The fourth-order valence-electron chi connectivity index (χ4n) is 2.28. The molecule has 0 aromatic carbocycles. The Kier molecular flexibility index (Phi) is 7.76. The van der Waals surface area contributed by atoms with Gasteiger partial charge in [-0.25, -0.2) is 9.59 Å². The second kappa shape index (κ2) is 8.29. The first-order chi connectivity index (χ1) is 10.0. The topological polar surface area (TPSA) is 93.1 Å². The van der Waals surface area contributed by atoms with E-state index in [1.165, 1.54) is 5.57 Å². The van der Waals surface area contributed by atoms with E-state index in [0.29, 0.717) is 6.42 Å². The van der Waals surface area contributed by atoms with Crippen LogP contribution in [0.4, 0.5) is 0 Å². The molecule has 0 aromatic rings. The molecule has 0 heterocycles. The summed E-state index contributed by atoms with van der Waals surface area (Å²) in [6.45, 7) is 6.85. The Morgan fingerprint density at radius 3 is 2.05 bits per heavy atom. The van der Waals surface area contributed by atoms with Crippen LogP contribution in [0.5, 0.6) is 0 Å². The van der Waals surface area contributed by atoms with Gasteiger partial charge in [-0.1, -0.05) is 18.6 Å². The highest BCUT2D eigenvalue weighted by atomic mass is 16.6. The Balaban J connectivity index is 5.25. The summed E-state index contributed by atoms with van der Waals surface area (Å²) >= 11 is 0. The number of esters is 2. The zero-order valence-electron chi connectivity index (χ0n) is 14.3. The van der Waals surface area contributed by atoms with Gasteiger partial charge in [0.2, 0.25) is 5.60 Å². The monoisotopic (exact) mass is 316 g/mol. The van der Waals surface area contributed by atoms with Crippen molar-refractivity contribution in [2.45, 2.75) is 58.2 Å². The molecular formula is C16H28O6. The largest absolute Gasteiger partial charge is 0.467 e. The third-order valence-corrected chi connectivity index (χ3v) is 3.77. The zero-order chi connectivity index (χ0) is 17.6. The van der Waals surface area contributed by atoms with Crippen molar-refractivity contribution in [1.82, 2.24) is 0 Å². The molecule has 0 radical (unpaired) electrons. The first-order valence-electron chi connectivity index (χ1n) is 7.27. The molecule has 6 nitrogen and oxygen atoms in total. The highest BCUT2D eigenvalue weighted by molar-refractivity contribution is 5.92. The van der Waals surface area contributed by atoms with Gasteiger partial charge in [0.25, 0.3) is 0 Å². The van der Waals surface area contributed by atoms with Gasteiger partial charge < -0.3 is 19.7 Å². The molecule has 0 rings (SSSR count). The van der Waals surface area contributed by atoms with Gasteiger partial charge in [0.05, 0.1) is 14.2 Å². The normalized spacial score (nSPS) is 17.6. The predicted molar refractivity (Wildman–Crippen MR) is 82.1 cm³/mol. The molecule has 3 unspecified atom stereocenters. The van der Waals surface area contributed by atoms with E-state index in [1.807, 2.05) is 26.8 Å². The minimum absolute atomic E-state index is 0.113. The van der Waals surface area contributed by atoms with Crippen LogP contribution in [0, 0.1) is 5.92 Å². The van der Waals surface area contributed by atoms with E-state index in [2.05, 4.69) is 9.47 Å². The van der Waals surface area contributed by atoms with Crippen molar-refractivity contribution in [3.8, 4) is 0 Å². The minimum Gasteiger partial charge on any atom is -0.467 e. The summed E-state index contributed by atoms with van der Waals surface area (Å²) in [7, 11) is 2.17. The van der Waals surface area contributed by atoms with E-state index < -0.39 is 23.1 Å². The third kappa shape index (κ3) is 4.81. The molecule has 0 aliphatic carbocycles. The van der Waals surface area contributed by atoms with Crippen molar-refractivity contribution in [3.63, 3.8) is 0 Å². The van der Waals surface area contributed by atoms with Crippen LogP contribution in [0.25, 0.3) is 0 Å². The maximum atomic E-state index is 12.0. The lowest BCUT2D eigenvalue weighted by molar-refractivity contribution is -0.210. The van der Waals surface area contributed by atoms with E-state index in [9.17, 15) is 19.8 Å². The van der Waals surface area contributed by atoms with E-state index in [0.717, 1.165) is 27.6 Å². The number of carbonyl (C=O) groups excluding carboxylic acids is 2. The van der Waals surface area contributed by atoms with E-state index in [-0.39, 0.29) is 12.3 Å². The van der Waals surface area contributed by atoms with Crippen molar-refractivity contribution in [3.05, 3.63) is 11.6 Å². The van der Waals surface area contributed by atoms with Crippen LogP contribution >= 0.6 is 0 Å². The van der Waals surface area contributed by atoms with E-state index in [4.69, 9.17) is 0 Å². The summed E-state index contributed by atoms with van der Waals surface area (Å²) < 4.78 is 9.06. The molecule has 6 heteroatoms. The second-order valence-corrected chi connectivity index (χ2v) is 6.08. The maximum Gasteiger partial charge on any atom is 0.341 e. The van der Waals surface area contributed by atoms with E-state index >= 15 is 0 Å². The number of carbonyl (C=O) groups is 2. The molecule has 2 N–H and O–H groups in total. The number of aliphatic hydroxyl groups is 2. The van der Waals surface area contributed by atoms with Crippen LogP contribution in [0.1, 0.15) is 47.0 Å². The Labute approximate surface area is 132 Å². The number of hydrogen-bond donors (Lipinski definition) is 2. The van der Waals surface area contributed by atoms with Gasteiger partial charge in [-0.15, -0.1) is 0 Å². The minimum atomic E-state index is -2.39. The number of allylic oxidation sites excluding steroid dienone is 2. The van der Waals surface area contributed by atoms with Crippen LogP contribution in [0.15, 0.2) is 11.6 Å². The van der Waals surface area contributed by atoms with Gasteiger partial charge in [0.1, 0.15) is 0 Å². The lowest BCUT2D eigenvalue weighted by Gasteiger charge is -2.37. The van der Waals surface area contributed by atoms with Gasteiger partial charge in [0, 0.05) is 0 Å². The lowest BCUT2D eigenvalue weighted by Crippen LogP contribution is -2.63. The predicted octanol–water partition coefficient (Wildman–Crippen LogP) is 1.59. The summed E-state index contributed by atoms with van der Waals surface area (Å²) in [5.41, 5.74) is -3.57. The van der Waals surface area contributed by atoms with Crippen molar-refractivity contribution < 1.29 is 29.3 Å². The van der Waals surface area contributed by atoms with Crippen LogP contribution in [0.2, 0.25) is 0 Å². The molecule has 0 amide bonds. The fraction of sp³-hybridized carbons (Fsp3) is 0.750. The molecule has 0 aromatic heterocycles. The smallest absolute Gasteiger partial charge is 0.341 e. The number of ether oxygens (including phenoxy) is 2. The Morgan fingerprint density at radius 1 is 1.14 bits per heavy atom. The Bertz CT molecular complexity index is 422. The van der Waals surface area contributed by atoms with Crippen LogP contribution in [-0.2, 0) is 19.1 Å². The summed E-state index contributed by atoms with van der Waals surface area (Å²) in [5.74, 6) is -2.26. The molecule has 3 atom stereocenters. The average molecular weight is 316 g/mol. The van der Waals surface area contributed by atoms with Crippen molar-refractivity contribution in [2.75, 3.05) is 14.2 Å². The Hall–Kier alpha value is -1.40. The summed E-state index contributed by atoms with van der Waals surface area (Å²) in [6, 6.07) is 0. The number of rotatable bonds is 8. The van der Waals surface area contributed by atoms with Crippen LogP contribution in [-0.4, -0.2) is 47.6 Å². The summed E-state index contributed by atoms with van der Waals surface area (Å²) in [5, 5.41) is 21.0. The van der Waals surface area contributed by atoms with Gasteiger partial charge in [-0.3, -0.25) is 0 Å². The first kappa shape index (κ1) is 20.6. The molecule has 0 aliphatic heterocycles. The van der Waals surface area contributed by atoms with Gasteiger partial charge >= 0.3 is 11.9 Å². The third-order valence-electron chi connectivity index (χ3n) is 3.77. The highest BCUT2D eigenvalue weighted by Gasteiger charge is 2.58. The van der Waals surface area contributed by atoms with Crippen LogP contribution < -0.4 is 0 Å². The summed E-state index contributed by atoms with van der Waals surface area (Å²) in [6.07, 6.45) is 3.41. The fourth-order valence-corrected chi connectivity index (χ4v) is 2.28. The van der Waals surface area contributed by atoms with Gasteiger partial charge in [-0.05, 0) is 46.0 Å². The Morgan fingerprint density at radius 2 is 1.64 bits per heavy atom. The quantitative estimate of drug-likeness (QED) is 0.522. The lowest BCUT2D eigenvalue weighted by atomic mass is 9.77. The molecule has 22 heavy (non-hydrogen) atoms. The number of hydrogen-bond acceptors (Lipinski definition) is 6. The molecular weight excluding hydrogens is 288 g/mol. The van der Waals surface area contributed by atoms with Gasteiger partial charge in [-0.2, -0.15) is 0 Å².